The molecule has 88 valence electrons. The Morgan fingerprint density at radius 3 is 3.06 bits per heavy atom. The maximum atomic E-state index is 6.48. The SMILES string of the molecule is Cn1cc(CC2(N)CCOC2C2CC2)nn1. The zero-order valence-corrected chi connectivity index (χ0v) is 9.59. The molecule has 2 fully saturated rings. The number of hydrogen-bond acceptors (Lipinski definition) is 4. The van der Waals surface area contributed by atoms with E-state index in [0.29, 0.717) is 5.92 Å². The Labute approximate surface area is 95.0 Å². The average molecular weight is 222 g/mol. The van der Waals surface area contributed by atoms with E-state index in [2.05, 4.69) is 10.3 Å². The first-order valence-corrected chi connectivity index (χ1v) is 5.93. The standard InChI is InChI=1S/C11H18N4O/c1-15-7-9(13-14-15)6-11(12)4-5-16-10(11)8-2-3-8/h7-8,10H,2-6,12H2,1H3. The first kappa shape index (κ1) is 10.2. The van der Waals surface area contributed by atoms with Crippen LogP contribution >= 0.6 is 0 Å². The predicted molar refractivity (Wildman–Crippen MR) is 58.7 cm³/mol. The number of nitrogens with two attached hydrogens (primary N) is 1. The van der Waals surface area contributed by atoms with Crippen LogP contribution in [0.3, 0.4) is 0 Å². The minimum atomic E-state index is -0.225. The van der Waals surface area contributed by atoms with Gasteiger partial charge in [0.25, 0.3) is 0 Å². The minimum absolute atomic E-state index is 0.225. The first-order valence-electron chi connectivity index (χ1n) is 5.93. The number of nitrogens with zero attached hydrogens (tertiary/aromatic N) is 3. The van der Waals surface area contributed by atoms with Crippen molar-refractivity contribution in [2.24, 2.45) is 18.7 Å². The Hall–Kier alpha value is -0.940. The molecule has 1 aliphatic carbocycles. The molecule has 1 saturated carbocycles. The summed E-state index contributed by atoms with van der Waals surface area (Å²) < 4.78 is 7.51. The van der Waals surface area contributed by atoms with Gasteiger partial charge in [-0.3, -0.25) is 4.68 Å². The van der Waals surface area contributed by atoms with Crippen LogP contribution in [0.1, 0.15) is 25.0 Å². The molecule has 2 N–H and O–H groups in total. The van der Waals surface area contributed by atoms with Gasteiger partial charge in [0.1, 0.15) is 0 Å². The van der Waals surface area contributed by atoms with Crippen molar-refractivity contribution < 1.29 is 4.74 Å². The van der Waals surface area contributed by atoms with Crippen molar-refractivity contribution in [2.75, 3.05) is 6.61 Å². The normalized spacial score (nSPS) is 34.5. The monoisotopic (exact) mass is 222 g/mol. The van der Waals surface area contributed by atoms with Crippen LogP contribution in [0.25, 0.3) is 0 Å². The molecule has 1 aliphatic heterocycles. The molecule has 2 unspecified atom stereocenters. The van der Waals surface area contributed by atoms with Crippen molar-refractivity contribution in [3.8, 4) is 0 Å². The van der Waals surface area contributed by atoms with Gasteiger partial charge in [0.2, 0.25) is 0 Å². The molecule has 0 radical (unpaired) electrons. The van der Waals surface area contributed by atoms with Gasteiger partial charge >= 0.3 is 0 Å². The molecule has 0 bridgehead atoms. The molecule has 5 heteroatoms. The lowest BCUT2D eigenvalue weighted by Crippen LogP contribution is -2.50. The second kappa shape index (κ2) is 3.53. The molecule has 0 amide bonds. The maximum absolute atomic E-state index is 6.48. The topological polar surface area (TPSA) is 66.0 Å². The second-order valence-corrected chi connectivity index (χ2v) is 5.17. The number of aromatic nitrogens is 3. The van der Waals surface area contributed by atoms with Gasteiger partial charge in [-0.2, -0.15) is 0 Å². The fraction of sp³-hybridized carbons (Fsp3) is 0.818. The van der Waals surface area contributed by atoms with Crippen LogP contribution < -0.4 is 5.73 Å². The van der Waals surface area contributed by atoms with E-state index in [4.69, 9.17) is 10.5 Å². The number of rotatable bonds is 3. The first-order chi connectivity index (χ1) is 7.67. The van der Waals surface area contributed by atoms with Crippen molar-refractivity contribution in [1.82, 2.24) is 15.0 Å². The highest BCUT2D eigenvalue weighted by Crippen LogP contribution is 2.43. The lowest BCUT2D eigenvalue weighted by atomic mass is 9.85. The van der Waals surface area contributed by atoms with Crippen LogP contribution in [0.5, 0.6) is 0 Å². The molecular weight excluding hydrogens is 204 g/mol. The molecule has 0 aromatic carbocycles. The number of aryl methyl sites for hydroxylation is 1. The molecule has 16 heavy (non-hydrogen) atoms. The third-order valence-electron chi connectivity index (χ3n) is 3.64. The van der Waals surface area contributed by atoms with E-state index in [-0.39, 0.29) is 11.6 Å². The highest BCUT2D eigenvalue weighted by Gasteiger charge is 2.48. The summed E-state index contributed by atoms with van der Waals surface area (Å²) in [6, 6.07) is 0. The van der Waals surface area contributed by atoms with Crippen LogP contribution in [-0.2, 0) is 18.2 Å². The average Bonchev–Trinajstić information content (AvgIpc) is 2.89. The fourth-order valence-corrected chi connectivity index (χ4v) is 2.69. The molecule has 2 atom stereocenters. The summed E-state index contributed by atoms with van der Waals surface area (Å²) >= 11 is 0. The fourth-order valence-electron chi connectivity index (χ4n) is 2.69. The van der Waals surface area contributed by atoms with Gasteiger partial charge in [0, 0.05) is 26.3 Å². The van der Waals surface area contributed by atoms with Crippen LogP contribution in [0.15, 0.2) is 6.20 Å². The Morgan fingerprint density at radius 1 is 1.62 bits per heavy atom. The van der Waals surface area contributed by atoms with Crippen molar-refractivity contribution >= 4 is 0 Å². The molecule has 2 heterocycles. The van der Waals surface area contributed by atoms with Gasteiger partial charge in [-0.05, 0) is 25.2 Å². The number of hydrogen-bond donors (Lipinski definition) is 1. The maximum Gasteiger partial charge on any atom is 0.0846 e. The Balaban J connectivity index is 1.76. The summed E-state index contributed by atoms with van der Waals surface area (Å²) in [5, 5.41) is 8.06. The molecule has 1 aromatic rings. The molecule has 1 saturated heterocycles. The summed E-state index contributed by atoms with van der Waals surface area (Å²) in [5.41, 5.74) is 7.23. The van der Waals surface area contributed by atoms with Gasteiger partial charge in [-0.25, -0.2) is 0 Å². The van der Waals surface area contributed by atoms with E-state index in [9.17, 15) is 0 Å². The third-order valence-corrected chi connectivity index (χ3v) is 3.64. The van der Waals surface area contributed by atoms with Gasteiger partial charge in [0.05, 0.1) is 17.3 Å². The van der Waals surface area contributed by atoms with Gasteiger partial charge in [0.15, 0.2) is 0 Å². The van der Waals surface area contributed by atoms with Crippen molar-refractivity contribution in [2.45, 2.75) is 37.3 Å². The predicted octanol–water partition coefficient (Wildman–Crippen LogP) is 0.254. The van der Waals surface area contributed by atoms with Gasteiger partial charge in [-0.1, -0.05) is 5.21 Å². The summed E-state index contributed by atoms with van der Waals surface area (Å²) in [6.07, 6.45) is 6.42. The van der Waals surface area contributed by atoms with E-state index in [0.717, 1.165) is 25.1 Å². The Bertz CT molecular complexity index is 387. The van der Waals surface area contributed by atoms with Crippen LogP contribution in [0, 0.1) is 5.92 Å². The molecule has 0 spiro atoms. The summed E-state index contributed by atoms with van der Waals surface area (Å²) in [7, 11) is 1.88. The largest absolute Gasteiger partial charge is 0.376 e. The molecule has 2 aliphatic rings. The minimum Gasteiger partial charge on any atom is -0.376 e. The lowest BCUT2D eigenvalue weighted by Gasteiger charge is -2.29. The van der Waals surface area contributed by atoms with Crippen LogP contribution in [0.4, 0.5) is 0 Å². The third kappa shape index (κ3) is 1.74. The van der Waals surface area contributed by atoms with Gasteiger partial charge < -0.3 is 10.5 Å². The van der Waals surface area contributed by atoms with Crippen molar-refractivity contribution in [3.05, 3.63) is 11.9 Å². The zero-order valence-electron chi connectivity index (χ0n) is 9.59. The second-order valence-electron chi connectivity index (χ2n) is 5.17. The summed E-state index contributed by atoms with van der Waals surface area (Å²) in [5.74, 6) is 0.684. The Kier molecular flexibility index (Phi) is 2.26. The lowest BCUT2D eigenvalue weighted by molar-refractivity contribution is 0.0624. The van der Waals surface area contributed by atoms with E-state index >= 15 is 0 Å². The quantitative estimate of drug-likeness (QED) is 0.796. The van der Waals surface area contributed by atoms with Crippen molar-refractivity contribution in [3.63, 3.8) is 0 Å². The molecule has 1 aromatic heterocycles. The van der Waals surface area contributed by atoms with E-state index < -0.39 is 0 Å². The molecule has 5 nitrogen and oxygen atoms in total. The number of ether oxygens (including phenoxy) is 1. The Morgan fingerprint density at radius 2 is 2.44 bits per heavy atom. The van der Waals surface area contributed by atoms with E-state index in [1.54, 1.807) is 4.68 Å². The molecular formula is C11H18N4O. The zero-order chi connectivity index (χ0) is 11.2. The summed E-state index contributed by atoms with van der Waals surface area (Å²) in [6.45, 7) is 0.790. The van der Waals surface area contributed by atoms with E-state index in [1.165, 1.54) is 12.8 Å². The van der Waals surface area contributed by atoms with Crippen LogP contribution in [0.2, 0.25) is 0 Å². The molecule has 3 rings (SSSR count). The van der Waals surface area contributed by atoms with Gasteiger partial charge in [-0.15, -0.1) is 5.10 Å². The highest BCUT2D eigenvalue weighted by molar-refractivity contribution is 5.10. The highest BCUT2D eigenvalue weighted by atomic mass is 16.5. The smallest absolute Gasteiger partial charge is 0.0846 e. The van der Waals surface area contributed by atoms with Crippen molar-refractivity contribution in [1.29, 1.82) is 0 Å². The van der Waals surface area contributed by atoms with E-state index in [1.807, 2.05) is 13.2 Å². The summed E-state index contributed by atoms with van der Waals surface area (Å²) in [4.78, 5) is 0. The van der Waals surface area contributed by atoms with Crippen LogP contribution in [-0.4, -0.2) is 33.2 Å².